The second-order valence-corrected chi connectivity index (χ2v) is 4.70. The van der Waals surface area contributed by atoms with Crippen molar-refractivity contribution in [1.29, 1.82) is 0 Å². The Morgan fingerprint density at radius 1 is 1.29 bits per heavy atom. The molecule has 0 saturated carbocycles. The molecule has 0 saturated heterocycles. The zero-order chi connectivity index (χ0) is 15.5. The largest absolute Gasteiger partial charge is 0.494 e. The summed E-state index contributed by atoms with van der Waals surface area (Å²) in [6, 6.07) is 6.91. The van der Waals surface area contributed by atoms with Crippen LogP contribution in [0.1, 0.15) is 32.3 Å². The molecule has 0 amide bonds. The topological polar surface area (TPSA) is 67.8 Å². The van der Waals surface area contributed by atoms with Crippen molar-refractivity contribution in [3.05, 3.63) is 29.8 Å². The molecule has 0 bridgehead atoms. The lowest BCUT2D eigenvalue weighted by Gasteiger charge is -2.17. The van der Waals surface area contributed by atoms with Crippen LogP contribution in [0, 0.1) is 0 Å². The standard InChI is InChI=1S/C16H25NO4/c1-3-10-17-15(16(19)20-4-2)9-11-21-14-7-5-13(12-18)6-8-14/h5-8,15,17-18H,3-4,9-12H2,1-2H3. The third-order valence-corrected chi connectivity index (χ3v) is 2.99. The lowest BCUT2D eigenvalue weighted by Crippen LogP contribution is -2.39. The van der Waals surface area contributed by atoms with Crippen LogP contribution >= 0.6 is 0 Å². The summed E-state index contributed by atoms with van der Waals surface area (Å²) in [4.78, 5) is 11.8. The lowest BCUT2D eigenvalue weighted by molar-refractivity contribution is -0.146. The van der Waals surface area contributed by atoms with E-state index in [1.165, 1.54) is 0 Å². The van der Waals surface area contributed by atoms with Crippen molar-refractivity contribution in [2.75, 3.05) is 19.8 Å². The van der Waals surface area contributed by atoms with E-state index >= 15 is 0 Å². The van der Waals surface area contributed by atoms with Gasteiger partial charge in [0, 0.05) is 6.42 Å². The van der Waals surface area contributed by atoms with Crippen molar-refractivity contribution in [2.24, 2.45) is 0 Å². The van der Waals surface area contributed by atoms with Crippen LogP contribution in [0.15, 0.2) is 24.3 Å². The number of aliphatic hydroxyl groups excluding tert-OH is 1. The molecule has 1 aromatic carbocycles. The van der Waals surface area contributed by atoms with Gasteiger partial charge in [-0.2, -0.15) is 0 Å². The van der Waals surface area contributed by atoms with Crippen molar-refractivity contribution in [3.8, 4) is 5.75 Å². The molecule has 0 aromatic heterocycles. The van der Waals surface area contributed by atoms with E-state index in [0.717, 1.165) is 24.3 Å². The molecular formula is C16H25NO4. The minimum absolute atomic E-state index is 0.0200. The Morgan fingerprint density at radius 2 is 2.00 bits per heavy atom. The molecule has 0 fully saturated rings. The van der Waals surface area contributed by atoms with Gasteiger partial charge < -0.3 is 19.9 Å². The van der Waals surface area contributed by atoms with Crippen LogP contribution < -0.4 is 10.1 Å². The summed E-state index contributed by atoms with van der Waals surface area (Å²) in [5.74, 6) is 0.496. The van der Waals surface area contributed by atoms with Crippen LogP contribution in [0.4, 0.5) is 0 Å². The van der Waals surface area contributed by atoms with Gasteiger partial charge in [0.1, 0.15) is 11.8 Å². The predicted octanol–water partition coefficient (Wildman–Crippen LogP) is 1.88. The Labute approximate surface area is 126 Å². The van der Waals surface area contributed by atoms with Gasteiger partial charge >= 0.3 is 5.97 Å². The first-order valence-corrected chi connectivity index (χ1v) is 7.43. The smallest absolute Gasteiger partial charge is 0.323 e. The maximum Gasteiger partial charge on any atom is 0.323 e. The Bertz CT molecular complexity index is 405. The summed E-state index contributed by atoms with van der Waals surface area (Å²) in [7, 11) is 0. The molecule has 0 spiro atoms. The molecule has 1 rings (SSSR count). The number of nitrogens with one attached hydrogen (secondary N) is 1. The van der Waals surface area contributed by atoms with Gasteiger partial charge in [-0.05, 0) is 37.6 Å². The average molecular weight is 295 g/mol. The Hall–Kier alpha value is -1.59. The van der Waals surface area contributed by atoms with Crippen LogP contribution in [-0.2, 0) is 16.1 Å². The molecule has 2 N–H and O–H groups in total. The van der Waals surface area contributed by atoms with Crippen molar-refractivity contribution < 1.29 is 19.4 Å². The lowest BCUT2D eigenvalue weighted by atomic mass is 10.2. The molecule has 5 heteroatoms. The van der Waals surface area contributed by atoms with E-state index in [9.17, 15) is 4.79 Å². The minimum Gasteiger partial charge on any atom is -0.494 e. The van der Waals surface area contributed by atoms with Crippen LogP contribution in [0.3, 0.4) is 0 Å². The number of hydrogen-bond acceptors (Lipinski definition) is 5. The summed E-state index contributed by atoms with van der Waals surface area (Å²) < 4.78 is 10.7. The van der Waals surface area contributed by atoms with E-state index in [4.69, 9.17) is 14.6 Å². The van der Waals surface area contributed by atoms with Gasteiger partial charge in [-0.15, -0.1) is 0 Å². The number of hydrogen-bond donors (Lipinski definition) is 2. The SMILES string of the molecule is CCCNC(CCOc1ccc(CO)cc1)C(=O)OCC. The van der Waals surface area contributed by atoms with E-state index < -0.39 is 0 Å². The highest BCUT2D eigenvalue weighted by molar-refractivity contribution is 5.75. The monoisotopic (exact) mass is 295 g/mol. The van der Waals surface area contributed by atoms with Crippen LogP contribution in [-0.4, -0.2) is 36.9 Å². The van der Waals surface area contributed by atoms with E-state index in [0.29, 0.717) is 19.6 Å². The molecule has 5 nitrogen and oxygen atoms in total. The number of carbonyl (C=O) groups is 1. The van der Waals surface area contributed by atoms with Crippen LogP contribution in [0.2, 0.25) is 0 Å². The number of rotatable bonds is 10. The molecule has 0 aliphatic carbocycles. The van der Waals surface area contributed by atoms with E-state index in [2.05, 4.69) is 12.2 Å². The zero-order valence-corrected chi connectivity index (χ0v) is 12.8. The highest BCUT2D eigenvalue weighted by Crippen LogP contribution is 2.12. The highest BCUT2D eigenvalue weighted by Gasteiger charge is 2.18. The maximum atomic E-state index is 11.8. The highest BCUT2D eigenvalue weighted by atomic mass is 16.5. The number of benzene rings is 1. The molecule has 0 aliphatic heterocycles. The summed E-state index contributed by atoms with van der Waals surface area (Å²) >= 11 is 0. The zero-order valence-electron chi connectivity index (χ0n) is 12.8. The molecule has 21 heavy (non-hydrogen) atoms. The van der Waals surface area contributed by atoms with Crippen LogP contribution in [0.25, 0.3) is 0 Å². The van der Waals surface area contributed by atoms with Crippen LogP contribution in [0.5, 0.6) is 5.75 Å². The summed E-state index contributed by atoms with van der Waals surface area (Å²) in [5.41, 5.74) is 0.844. The number of carbonyl (C=O) groups excluding carboxylic acids is 1. The molecular weight excluding hydrogens is 270 g/mol. The second-order valence-electron chi connectivity index (χ2n) is 4.70. The Morgan fingerprint density at radius 3 is 2.57 bits per heavy atom. The first-order valence-electron chi connectivity index (χ1n) is 7.43. The van der Waals surface area contributed by atoms with Gasteiger partial charge in [0.05, 0.1) is 19.8 Å². The molecule has 118 valence electrons. The Balaban J connectivity index is 2.42. The van der Waals surface area contributed by atoms with Gasteiger partial charge in [0.15, 0.2) is 0 Å². The fourth-order valence-electron chi connectivity index (χ4n) is 1.85. The molecule has 1 atom stereocenters. The predicted molar refractivity (Wildman–Crippen MR) is 81.2 cm³/mol. The number of ether oxygens (including phenoxy) is 2. The van der Waals surface area contributed by atoms with Gasteiger partial charge in [-0.1, -0.05) is 19.1 Å². The van der Waals surface area contributed by atoms with Gasteiger partial charge in [-0.25, -0.2) is 0 Å². The summed E-state index contributed by atoms with van der Waals surface area (Å²) in [6.45, 7) is 5.45. The normalized spacial score (nSPS) is 12.0. The first-order chi connectivity index (χ1) is 10.2. The molecule has 1 unspecified atom stereocenters. The molecule has 0 aliphatic rings. The second kappa shape index (κ2) is 10.2. The van der Waals surface area contributed by atoms with Crippen molar-refractivity contribution >= 4 is 5.97 Å². The van der Waals surface area contributed by atoms with Gasteiger partial charge in [0.25, 0.3) is 0 Å². The summed E-state index contributed by atoms with van der Waals surface area (Å²) in [5, 5.41) is 12.1. The van der Waals surface area contributed by atoms with Gasteiger partial charge in [0.2, 0.25) is 0 Å². The quantitative estimate of drug-likeness (QED) is 0.645. The van der Waals surface area contributed by atoms with Crippen molar-refractivity contribution in [3.63, 3.8) is 0 Å². The first kappa shape index (κ1) is 17.5. The van der Waals surface area contributed by atoms with Crippen molar-refractivity contribution in [1.82, 2.24) is 5.32 Å². The molecule has 0 radical (unpaired) electrons. The fourth-order valence-corrected chi connectivity index (χ4v) is 1.85. The van der Waals surface area contributed by atoms with E-state index in [1.54, 1.807) is 6.92 Å². The van der Waals surface area contributed by atoms with E-state index in [1.807, 2.05) is 24.3 Å². The number of esters is 1. The third-order valence-electron chi connectivity index (χ3n) is 2.99. The molecule has 0 heterocycles. The average Bonchev–Trinajstić information content (AvgIpc) is 2.51. The van der Waals surface area contributed by atoms with E-state index in [-0.39, 0.29) is 18.6 Å². The fraction of sp³-hybridized carbons (Fsp3) is 0.562. The third kappa shape index (κ3) is 6.60. The number of aliphatic hydroxyl groups is 1. The maximum absolute atomic E-state index is 11.8. The van der Waals surface area contributed by atoms with Crippen molar-refractivity contribution in [2.45, 2.75) is 39.3 Å². The summed E-state index contributed by atoms with van der Waals surface area (Å²) in [6.07, 6.45) is 1.51. The van der Waals surface area contributed by atoms with Gasteiger partial charge in [-0.3, -0.25) is 4.79 Å². The Kier molecular flexibility index (Phi) is 8.47. The molecule has 1 aromatic rings. The minimum atomic E-state index is -0.332.